The number of anilines is 1. The highest BCUT2D eigenvalue weighted by Gasteiger charge is 2.10. The van der Waals surface area contributed by atoms with Crippen LogP contribution in [0.2, 0.25) is 0 Å². The maximum Gasteiger partial charge on any atom is 0.266 e. The minimum atomic E-state index is -0.448. The van der Waals surface area contributed by atoms with E-state index >= 15 is 0 Å². The lowest BCUT2D eigenvalue weighted by molar-refractivity contribution is -0.112. The van der Waals surface area contributed by atoms with Crippen molar-refractivity contribution in [2.45, 2.75) is 13.5 Å². The van der Waals surface area contributed by atoms with Crippen molar-refractivity contribution in [1.29, 1.82) is 5.26 Å². The van der Waals surface area contributed by atoms with Crippen molar-refractivity contribution in [2.24, 2.45) is 0 Å². The van der Waals surface area contributed by atoms with E-state index in [-0.39, 0.29) is 5.57 Å². The van der Waals surface area contributed by atoms with Gasteiger partial charge in [-0.2, -0.15) is 5.26 Å². The Balaban J connectivity index is 1.40. The number of ether oxygens (including phenoxy) is 1. The van der Waals surface area contributed by atoms with Crippen LogP contribution in [-0.4, -0.2) is 15.9 Å². The summed E-state index contributed by atoms with van der Waals surface area (Å²) in [5.41, 5.74) is 4.36. The first-order valence-electron chi connectivity index (χ1n) is 9.77. The number of carbonyl (C=O) groups excluding carboxylic acids is 1. The fourth-order valence-electron chi connectivity index (χ4n) is 3.04. The van der Waals surface area contributed by atoms with Gasteiger partial charge in [-0.1, -0.05) is 42.0 Å². The average molecular weight is 408 g/mol. The molecular weight excluding hydrogens is 388 g/mol. The molecule has 4 aromatic rings. The second kappa shape index (κ2) is 8.97. The van der Waals surface area contributed by atoms with E-state index in [1.165, 1.54) is 0 Å². The van der Waals surface area contributed by atoms with Gasteiger partial charge >= 0.3 is 0 Å². The summed E-state index contributed by atoms with van der Waals surface area (Å²) in [6.45, 7) is 2.28. The van der Waals surface area contributed by atoms with Gasteiger partial charge in [-0.15, -0.1) is 0 Å². The number of hydrogen-bond acceptors (Lipinski definition) is 4. The van der Waals surface area contributed by atoms with Gasteiger partial charge in [0, 0.05) is 5.69 Å². The smallest absolute Gasteiger partial charge is 0.266 e. The number of carbonyl (C=O) groups is 1. The number of fused-ring (bicyclic) bond motifs is 1. The third kappa shape index (κ3) is 4.98. The van der Waals surface area contributed by atoms with Gasteiger partial charge in [0.1, 0.15) is 29.8 Å². The first kappa shape index (κ1) is 19.9. The molecule has 0 atom stereocenters. The Hall–Kier alpha value is -4.37. The van der Waals surface area contributed by atoms with Crippen LogP contribution in [-0.2, 0) is 11.4 Å². The zero-order valence-corrected chi connectivity index (χ0v) is 16.9. The zero-order valence-electron chi connectivity index (χ0n) is 16.9. The Morgan fingerprint density at radius 2 is 1.84 bits per heavy atom. The van der Waals surface area contributed by atoms with E-state index in [2.05, 4.69) is 15.3 Å². The molecule has 152 valence electrons. The maximum absolute atomic E-state index is 12.4. The van der Waals surface area contributed by atoms with Crippen LogP contribution < -0.4 is 10.1 Å². The van der Waals surface area contributed by atoms with E-state index in [1.54, 1.807) is 42.5 Å². The molecule has 3 aromatic carbocycles. The first-order valence-corrected chi connectivity index (χ1v) is 9.77. The van der Waals surface area contributed by atoms with Gasteiger partial charge in [0.2, 0.25) is 0 Å². The van der Waals surface area contributed by atoms with Crippen LogP contribution in [0.25, 0.3) is 17.1 Å². The number of aromatic nitrogens is 2. The van der Waals surface area contributed by atoms with E-state index in [4.69, 9.17) is 4.74 Å². The van der Waals surface area contributed by atoms with Gasteiger partial charge in [0.05, 0.1) is 11.0 Å². The second-order valence-corrected chi connectivity index (χ2v) is 7.05. The van der Waals surface area contributed by atoms with Crippen LogP contribution in [0.15, 0.2) is 78.4 Å². The number of nitrogens with zero attached hydrogens (tertiary/aromatic N) is 2. The third-order valence-corrected chi connectivity index (χ3v) is 4.68. The SMILES string of the molecule is Cc1ccc(NC(=O)/C(C#N)=C\c2ccc(OCc3nc4ccccc4[nH]3)cc2)cc1. The van der Waals surface area contributed by atoms with Gasteiger partial charge < -0.3 is 15.0 Å². The molecular formula is C25H20N4O2. The summed E-state index contributed by atoms with van der Waals surface area (Å²) < 4.78 is 5.79. The monoisotopic (exact) mass is 408 g/mol. The van der Waals surface area contributed by atoms with Crippen LogP contribution >= 0.6 is 0 Å². The van der Waals surface area contributed by atoms with Gasteiger partial charge in [-0.25, -0.2) is 4.98 Å². The lowest BCUT2D eigenvalue weighted by Crippen LogP contribution is -2.13. The molecule has 0 saturated carbocycles. The second-order valence-electron chi connectivity index (χ2n) is 7.05. The molecule has 1 aromatic heterocycles. The minimum absolute atomic E-state index is 0.0246. The van der Waals surface area contributed by atoms with Crippen molar-refractivity contribution >= 4 is 28.7 Å². The quantitative estimate of drug-likeness (QED) is 0.347. The molecule has 6 heteroatoms. The highest BCUT2D eigenvalue weighted by Crippen LogP contribution is 2.18. The molecule has 0 unspecified atom stereocenters. The first-order chi connectivity index (χ1) is 15.1. The highest BCUT2D eigenvalue weighted by molar-refractivity contribution is 6.09. The summed E-state index contributed by atoms with van der Waals surface area (Å²) in [6, 6.07) is 24.3. The van der Waals surface area contributed by atoms with Crippen molar-refractivity contribution < 1.29 is 9.53 Å². The van der Waals surface area contributed by atoms with E-state index < -0.39 is 5.91 Å². The Kier molecular flexibility index (Phi) is 5.77. The Labute approximate surface area is 179 Å². The standard InChI is InChI=1S/C25H20N4O2/c1-17-6-10-20(11-7-17)27-25(30)19(15-26)14-18-8-12-21(13-9-18)31-16-24-28-22-4-2-3-5-23(22)29-24/h2-14H,16H2,1H3,(H,27,30)(H,28,29)/b19-14-. The summed E-state index contributed by atoms with van der Waals surface area (Å²) in [5.74, 6) is 0.960. The molecule has 31 heavy (non-hydrogen) atoms. The molecule has 0 bridgehead atoms. The van der Waals surface area contributed by atoms with Crippen LogP contribution in [0.1, 0.15) is 17.0 Å². The third-order valence-electron chi connectivity index (χ3n) is 4.68. The number of aryl methyl sites for hydroxylation is 1. The minimum Gasteiger partial charge on any atom is -0.486 e. The van der Waals surface area contributed by atoms with E-state index in [0.29, 0.717) is 18.0 Å². The van der Waals surface area contributed by atoms with Crippen LogP contribution in [0.3, 0.4) is 0 Å². The topological polar surface area (TPSA) is 90.8 Å². The Morgan fingerprint density at radius 1 is 1.10 bits per heavy atom. The fourth-order valence-corrected chi connectivity index (χ4v) is 3.04. The highest BCUT2D eigenvalue weighted by atomic mass is 16.5. The number of benzene rings is 3. The lowest BCUT2D eigenvalue weighted by atomic mass is 10.1. The molecule has 0 radical (unpaired) electrons. The predicted octanol–water partition coefficient (Wildman–Crippen LogP) is 5.00. The van der Waals surface area contributed by atoms with E-state index in [1.807, 2.05) is 49.4 Å². The van der Waals surface area contributed by atoms with Crippen molar-refractivity contribution in [3.05, 3.63) is 95.3 Å². The maximum atomic E-state index is 12.4. The van der Waals surface area contributed by atoms with Crippen LogP contribution in [0.4, 0.5) is 5.69 Å². The number of imidazole rings is 1. The normalized spacial score (nSPS) is 11.2. The molecule has 1 amide bonds. The van der Waals surface area contributed by atoms with Crippen molar-refractivity contribution in [2.75, 3.05) is 5.32 Å². The molecule has 0 fully saturated rings. The van der Waals surface area contributed by atoms with Gasteiger partial charge in [0.15, 0.2) is 0 Å². The van der Waals surface area contributed by atoms with E-state index in [0.717, 1.165) is 28.0 Å². The molecule has 4 rings (SSSR count). The molecule has 0 aliphatic rings. The number of nitriles is 1. The Bertz CT molecular complexity index is 1250. The van der Waals surface area contributed by atoms with Gasteiger partial charge in [-0.05, 0) is 55.0 Å². The molecule has 0 saturated heterocycles. The largest absolute Gasteiger partial charge is 0.486 e. The van der Waals surface area contributed by atoms with Crippen molar-refractivity contribution in [1.82, 2.24) is 9.97 Å². The number of aromatic amines is 1. The summed E-state index contributed by atoms with van der Waals surface area (Å²) in [5, 5.41) is 12.1. The predicted molar refractivity (Wildman–Crippen MR) is 120 cm³/mol. The lowest BCUT2D eigenvalue weighted by Gasteiger charge is -2.06. The zero-order chi connectivity index (χ0) is 21.6. The summed E-state index contributed by atoms with van der Waals surface area (Å²) >= 11 is 0. The van der Waals surface area contributed by atoms with E-state index in [9.17, 15) is 10.1 Å². The number of rotatable bonds is 6. The summed E-state index contributed by atoms with van der Waals surface area (Å²) in [7, 11) is 0. The molecule has 0 aliphatic heterocycles. The number of amides is 1. The number of para-hydroxylation sites is 2. The average Bonchev–Trinajstić information content (AvgIpc) is 3.21. The van der Waals surface area contributed by atoms with Gasteiger partial charge in [-0.3, -0.25) is 4.79 Å². The fraction of sp³-hybridized carbons (Fsp3) is 0.0800. The van der Waals surface area contributed by atoms with Crippen LogP contribution in [0, 0.1) is 18.3 Å². The number of H-pyrrole nitrogens is 1. The van der Waals surface area contributed by atoms with Crippen LogP contribution in [0.5, 0.6) is 5.75 Å². The number of nitrogens with one attached hydrogen (secondary N) is 2. The molecule has 2 N–H and O–H groups in total. The molecule has 0 aliphatic carbocycles. The van der Waals surface area contributed by atoms with Crippen molar-refractivity contribution in [3.8, 4) is 11.8 Å². The molecule has 1 heterocycles. The summed E-state index contributed by atoms with van der Waals surface area (Å²) in [4.78, 5) is 20.1. The molecule has 6 nitrogen and oxygen atoms in total. The summed E-state index contributed by atoms with van der Waals surface area (Å²) in [6.07, 6.45) is 1.55. The number of hydrogen-bond donors (Lipinski definition) is 2. The molecule has 0 spiro atoms. The Morgan fingerprint density at radius 3 is 2.55 bits per heavy atom. The van der Waals surface area contributed by atoms with Gasteiger partial charge in [0.25, 0.3) is 5.91 Å². The van der Waals surface area contributed by atoms with Crippen molar-refractivity contribution in [3.63, 3.8) is 0 Å².